The van der Waals surface area contributed by atoms with Gasteiger partial charge in [-0.25, -0.2) is 0 Å². The maximum absolute atomic E-state index is 12.5. The average Bonchev–Trinajstić information content (AvgIpc) is 2.84. The molecule has 1 aliphatic heterocycles. The topological polar surface area (TPSA) is 53.7 Å². The fourth-order valence-corrected chi connectivity index (χ4v) is 2.83. The van der Waals surface area contributed by atoms with Crippen molar-refractivity contribution in [3.05, 3.63) is 46.3 Å². The predicted molar refractivity (Wildman–Crippen MR) is 74.5 cm³/mol. The molecule has 0 spiro atoms. The monoisotopic (exact) mass is 321 g/mol. The summed E-state index contributed by atoms with van der Waals surface area (Å²) in [6, 6.07) is 6.98. The lowest BCUT2D eigenvalue weighted by Gasteiger charge is -2.29. The molecule has 0 fully saturated rings. The molecule has 5 heteroatoms. The molecule has 0 saturated heterocycles. The van der Waals surface area contributed by atoms with E-state index >= 15 is 0 Å². The molecule has 0 aliphatic carbocycles. The van der Waals surface area contributed by atoms with Crippen molar-refractivity contribution in [3.63, 3.8) is 0 Å². The van der Waals surface area contributed by atoms with Crippen LogP contribution in [0.5, 0.6) is 5.75 Å². The predicted octanol–water partition coefficient (Wildman–Crippen LogP) is 3.34. The standard InChI is InChI=1S/C14H12BrNO3/c15-13-10(6-8-19-13)14(18)16-7-2-4-9-3-1-5-11(17)12(9)16/h1,3,5-6,8,17H,2,4,7H2. The summed E-state index contributed by atoms with van der Waals surface area (Å²) in [7, 11) is 0. The maximum atomic E-state index is 12.5. The zero-order chi connectivity index (χ0) is 13.4. The number of benzene rings is 1. The second-order valence-corrected chi connectivity index (χ2v) is 5.17. The van der Waals surface area contributed by atoms with Gasteiger partial charge < -0.3 is 14.4 Å². The van der Waals surface area contributed by atoms with E-state index < -0.39 is 0 Å². The fourth-order valence-electron chi connectivity index (χ4n) is 2.43. The quantitative estimate of drug-likeness (QED) is 0.876. The molecule has 0 radical (unpaired) electrons. The van der Waals surface area contributed by atoms with Crippen LogP contribution in [0.1, 0.15) is 22.3 Å². The van der Waals surface area contributed by atoms with Gasteiger partial charge in [0.05, 0.1) is 17.5 Å². The molecule has 98 valence electrons. The molecule has 4 nitrogen and oxygen atoms in total. The minimum atomic E-state index is -0.164. The number of hydrogen-bond acceptors (Lipinski definition) is 3. The number of furan rings is 1. The highest BCUT2D eigenvalue weighted by Crippen LogP contribution is 2.36. The molecule has 1 amide bonds. The lowest BCUT2D eigenvalue weighted by molar-refractivity contribution is 0.0982. The zero-order valence-electron chi connectivity index (χ0n) is 10.1. The molecule has 1 aromatic carbocycles. The summed E-state index contributed by atoms with van der Waals surface area (Å²) < 4.78 is 5.52. The lowest BCUT2D eigenvalue weighted by Crippen LogP contribution is -2.35. The van der Waals surface area contributed by atoms with Crippen LogP contribution in [-0.4, -0.2) is 17.6 Å². The van der Waals surface area contributed by atoms with E-state index in [0.717, 1.165) is 18.4 Å². The van der Waals surface area contributed by atoms with Crippen molar-refractivity contribution >= 4 is 27.5 Å². The Labute approximate surface area is 118 Å². The van der Waals surface area contributed by atoms with Gasteiger partial charge in [-0.05, 0) is 46.5 Å². The summed E-state index contributed by atoms with van der Waals surface area (Å²) in [5.74, 6) is -0.0201. The molecule has 19 heavy (non-hydrogen) atoms. The first-order valence-corrected chi connectivity index (χ1v) is 6.83. The summed E-state index contributed by atoms with van der Waals surface area (Å²) in [6.45, 7) is 0.598. The third-order valence-corrected chi connectivity index (χ3v) is 3.90. The highest BCUT2D eigenvalue weighted by Gasteiger charge is 2.28. The van der Waals surface area contributed by atoms with E-state index in [0.29, 0.717) is 22.5 Å². The Bertz CT molecular complexity index is 635. The minimum absolute atomic E-state index is 0.144. The normalized spacial score (nSPS) is 14.3. The van der Waals surface area contributed by atoms with Crippen LogP contribution in [0.25, 0.3) is 0 Å². The molecule has 0 saturated carbocycles. The maximum Gasteiger partial charge on any atom is 0.262 e. The number of amides is 1. The first-order chi connectivity index (χ1) is 9.18. The summed E-state index contributed by atoms with van der Waals surface area (Å²) >= 11 is 3.22. The first-order valence-electron chi connectivity index (χ1n) is 6.04. The average molecular weight is 322 g/mol. The molecule has 0 unspecified atom stereocenters. The Morgan fingerprint density at radius 3 is 2.95 bits per heavy atom. The van der Waals surface area contributed by atoms with Crippen molar-refractivity contribution in [2.24, 2.45) is 0 Å². The minimum Gasteiger partial charge on any atom is -0.506 e. The van der Waals surface area contributed by atoms with Gasteiger partial charge in [0.1, 0.15) is 5.75 Å². The van der Waals surface area contributed by atoms with E-state index in [-0.39, 0.29) is 11.7 Å². The number of para-hydroxylation sites is 1. The van der Waals surface area contributed by atoms with Gasteiger partial charge in [0.15, 0.2) is 4.67 Å². The molecule has 3 rings (SSSR count). The number of anilines is 1. The van der Waals surface area contributed by atoms with Gasteiger partial charge in [-0.3, -0.25) is 4.79 Å². The molecule has 2 aromatic rings. The van der Waals surface area contributed by atoms with E-state index in [9.17, 15) is 9.90 Å². The Hall–Kier alpha value is -1.75. The van der Waals surface area contributed by atoms with Gasteiger partial charge in [-0.1, -0.05) is 12.1 Å². The van der Waals surface area contributed by atoms with Gasteiger partial charge in [-0.2, -0.15) is 0 Å². The number of hydrogen-bond donors (Lipinski definition) is 1. The summed E-state index contributed by atoms with van der Waals surface area (Å²) in [6.07, 6.45) is 3.23. The summed E-state index contributed by atoms with van der Waals surface area (Å²) in [4.78, 5) is 14.1. The van der Waals surface area contributed by atoms with Crippen LogP contribution < -0.4 is 4.90 Å². The number of carbonyl (C=O) groups excluding carboxylic acids is 1. The lowest BCUT2D eigenvalue weighted by atomic mass is 10.0. The number of carbonyl (C=O) groups is 1. The largest absolute Gasteiger partial charge is 0.506 e. The molecule has 0 atom stereocenters. The molecule has 1 N–H and O–H groups in total. The Kier molecular flexibility index (Phi) is 3.06. The SMILES string of the molecule is O=C(c1ccoc1Br)N1CCCc2cccc(O)c21. The molecule has 0 bridgehead atoms. The van der Waals surface area contributed by atoms with E-state index in [1.54, 1.807) is 23.1 Å². The second kappa shape index (κ2) is 4.74. The number of fused-ring (bicyclic) bond motifs is 1. The molecule has 1 aliphatic rings. The van der Waals surface area contributed by atoms with Crippen molar-refractivity contribution in [1.82, 2.24) is 0 Å². The van der Waals surface area contributed by atoms with Crippen LogP contribution in [0.2, 0.25) is 0 Å². The highest BCUT2D eigenvalue weighted by atomic mass is 79.9. The summed E-state index contributed by atoms with van der Waals surface area (Å²) in [5, 5.41) is 10.0. The van der Waals surface area contributed by atoms with Crippen LogP contribution >= 0.6 is 15.9 Å². The third kappa shape index (κ3) is 2.04. The Balaban J connectivity index is 2.05. The van der Waals surface area contributed by atoms with E-state index in [1.165, 1.54) is 6.26 Å². The number of rotatable bonds is 1. The van der Waals surface area contributed by atoms with Gasteiger partial charge >= 0.3 is 0 Å². The number of phenols is 1. The number of phenolic OH excluding ortho intramolecular Hbond substituents is 1. The van der Waals surface area contributed by atoms with Crippen LogP contribution in [0.4, 0.5) is 5.69 Å². The Morgan fingerprint density at radius 1 is 1.37 bits per heavy atom. The van der Waals surface area contributed by atoms with Crippen molar-refractivity contribution in [1.29, 1.82) is 0 Å². The van der Waals surface area contributed by atoms with Crippen molar-refractivity contribution in [2.45, 2.75) is 12.8 Å². The molecular formula is C14H12BrNO3. The van der Waals surface area contributed by atoms with Crippen molar-refractivity contribution in [3.8, 4) is 5.75 Å². The van der Waals surface area contributed by atoms with Crippen LogP contribution in [0, 0.1) is 0 Å². The van der Waals surface area contributed by atoms with E-state index in [2.05, 4.69) is 15.9 Å². The van der Waals surface area contributed by atoms with E-state index in [1.807, 2.05) is 6.07 Å². The van der Waals surface area contributed by atoms with Gasteiger partial charge in [0, 0.05) is 6.54 Å². The van der Waals surface area contributed by atoms with Gasteiger partial charge in [0.2, 0.25) is 0 Å². The fraction of sp³-hybridized carbons (Fsp3) is 0.214. The summed E-state index contributed by atoms with van der Waals surface area (Å²) in [5.41, 5.74) is 2.09. The second-order valence-electron chi connectivity index (χ2n) is 4.45. The highest BCUT2D eigenvalue weighted by molar-refractivity contribution is 9.10. The number of nitrogens with zero attached hydrogens (tertiary/aromatic N) is 1. The number of halogens is 1. The van der Waals surface area contributed by atoms with Crippen LogP contribution in [0.15, 0.2) is 39.6 Å². The van der Waals surface area contributed by atoms with Crippen molar-refractivity contribution < 1.29 is 14.3 Å². The zero-order valence-corrected chi connectivity index (χ0v) is 11.7. The molecule has 1 aromatic heterocycles. The van der Waals surface area contributed by atoms with E-state index in [4.69, 9.17) is 4.42 Å². The smallest absolute Gasteiger partial charge is 0.262 e. The molecular weight excluding hydrogens is 310 g/mol. The van der Waals surface area contributed by atoms with Crippen LogP contribution in [-0.2, 0) is 6.42 Å². The number of aromatic hydroxyl groups is 1. The van der Waals surface area contributed by atoms with Gasteiger partial charge in [0.25, 0.3) is 5.91 Å². The van der Waals surface area contributed by atoms with Gasteiger partial charge in [-0.15, -0.1) is 0 Å². The van der Waals surface area contributed by atoms with Crippen molar-refractivity contribution in [2.75, 3.05) is 11.4 Å². The van der Waals surface area contributed by atoms with Crippen LogP contribution in [0.3, 0.4) is 0 Å². The first kappa shape index (κ1) is 12.3. The number of aryl methyl sites for hydroxylation is 1. The Morgan fingerprint density at radius 2 is 2.21 bits per heavy atom. The molecule has 2 heterocycles. The third-order valence-electron chi connectivity index (χ3n) is 3.29.